The Kier molecular flexibility index (Phi) is 7.13. The number of benzene rings is 4. The van der Waals surface area contributed by atoms with Crippen LogP contribution < -0.4 is 32.1 Å². The number of rotatable bonds is 7. The molecule has 0 aliphatic carbocycles. The second-order valence-corrected chi connectivity index (χ2v) is 14.7. The maximum absolute atomic E-state index is 14.9. The average molecular weight is 557 g/mol. The number of hydrogen-bond acceptors (Lipinski definition) is 4. The molecule has 6 rings (SSSR count). The van der Waals surface area contributed by atoms with Crippen LogP contribution >= 0.6 is 14.3 Å². The molecule has 194 valence electrons. The predicted molar refractivity (Wildman–Crippen MR) is 166 cm³/mol. The van der Waals surface area contributed by atoms with Crippen molar-refractivity contribution in [1.29, 1.82) is 0 Å². The van der Waals surface area contributed by atoms with E-state index in [9.17, 15) is 9.13 Å². The monoisotopic (exact) mass is 556 g/mol. The van der Waals surface area contributed by atoms with E-state index in [1.54, 1.807) is 0 Å². The van der Waals surface area contributed by atoms with Crippen LogP contribution in [0.15, 0.2) is 158 Å². The summed E-state index contributed by atoms with van der Waals surface area (Å²) in [7, 11) is -6.51. The Morgan fingerprint density at radius 2 is 0.600 bits per heavy atom. The second-order valence-electron chi connectivity index (χ2n) is 9.32. The Labute approximate surface area is 234 Å². The minimum atomic E-state index is -3.26. The third kappa shape index (κ3) is 4.67. The molecule has 6 heteroatoms. The van der Waals surface area contributed by atoms with Gasteiger partial charge < -0.3 is 9.13 Å². The highest BCUT2D eigenvalue weighted by Crippen LogP contribution is 2.43. The normalized spacial score (nSPS) is 11.7. The first-order valence-electron chi connectivity index (χ1n) is 13.0. The molecule has 2 aromatic heterocycles. The van der Waals surface area contributed by atoms with E-state index in [2.05, 4.69) is 0 Å². The van der Waals surface area contributed by atoms with Crippen LogP contribution in [0.3, 0.4) is 0 Å². The van der Waals surface area contributed by atoms with E-state index < -0.39 is 14.3 Å². The lowest BCUT2D eigenvalue weighted by Crippen LogP contribution is -2.28. The summed E-state index contributed by atoms with van der Waals surface area (Å²) in [5.41, 5.74) is 2.09. The zero-order valence-electron chi connectivity index (χ0n) is 21.6. The van der Waals surface area contributed by atoms with Crippen molar-refractivity contribution >= 4 is 46.4 Å². The molecule has 0 aliphatic rings. The minimum absolute atomic E-state index is 0.476. The summed E-state index contributed by atoms with van der Waals surface area (Å²) in [5, 5.41) is 2.85. The van der Waals surface area contributed by atoms with Crippen molar-refractivity contribution < 1.29 is 9.13 Å². The Morgan fingerprint density at radius 3 is 0.875 bits per heavy atom. The third-order valence-corrected chi connectivity index (χ3v) is 12.7. The van der Waals surface area contributed by atoms with Crippen molar-refractivity contribution in [3.8, 4) is 11.4 Å². The fourth-order valence-corrected chi connectivity index (χ4v) is 9.97. The van der Waals surface area contributed by atoms with Gasteiger partial charge in [0.2, 0.25) is 0 Å². The molecule has 0 amide bonds. The topological polar surface area (TPSA) is 59.9 Å². The molecule has 0 bridgehead atoms. The largest absolute Gasteiger partial charge is 0.307 e. The molecule has 40 heavy (non-hydrogen) atoms. The van der Waals surface area contributed by atoms with E-state index in [0.29, 0.717) is 43.5 Å². The van der Waals surface area contributed by atoms with Crippen LogP contribution in [0.2, 0.25) is 0 Å². The highest BCUT2D eigenvalue weighted by molar-refractivity contribution is 7.85. The van der Waals surface area contributed by atoms with Gasteiger partial charge in [-0.2, -0.15) is 0 Å². The highest BCUT2D eigenvalue weighted by Gasteiger charge is 2.33. The summed E-state index contributed by atoms with van der Waals surface area (Å²) in [6.45, 7) is 0. The molecule has 2 heterocycles. The van der Waals surface area contributed by atoms with Crippen molar-refractivity contribution in [2.24, 2.45) is 0 Å². The van der Waals surface area contributed by atoms with Gasteiger partial charge in [0, 0.05) is 21.2 Å². The van der Waals surface area contributed by atoms with Crippen molar-refractivity contribution in [2.45, 2.75) is 0 Å². The average Bonchev–Trinajstić information content (AvgIpc) is 3.06. The summed E-state index contributed by atoms with van der Waals surface area (Å²) in [6, 6.07) is 48.9. The molecule has 0 saturated heterocycles. The lowest BCUT2D eigenvalue weighted by atomic mass is 10.2. The zero-order valence-corrected chi connectivity index (χ0v) is 23.4. The first-order chi connectivity index (χ1) is 19.6. The van der Waals surface area contributed by atoms with Crippen molar-refractivity contribution in [3.63, 3.8) is 0 Å². The molecule has 0 aliphatic heterocycles. The quantitative estimate of drug-likeness (QED) is 0.247. The van der Waals surface area contributed by atoms with Crippen LogP contribution in [0.1, 0.15) is 0 Å². The van der Waals surface area contributed by atoms with Gasteiger partial charge >= 0.3 is 0 Å². The van der Waals surface area contributed by atoms with Crippen LogP contribution in [-0.2, 0) is 9.13 Å². The molecule has 0 unspecified atom stereocenters. The van der Waals surface area contributed by atoms with Crippen molar-refractivity contribution in [2.75, 3.05) is 0 Å². The number of aromatic nitrogens is 2. The number of hydrogen-bond donors (Lipinski definition) is 0. The summed E-state index contributed by atoms with van der Waals surface area (Å²) in [4.78, 5) is 9.84. The Morgan fingerprint density at radius 1 is 0.325 bits per heavy atom. The molecule has 0 atom stereocenters. The molecule has 6 aromatic rings. The van der Waals surface area contributed by atoms with Gasteiger partial charge in [-0.15, -0.1) is 0 Å². The smallest absolute Gasteiger partial charge is 0.188 e. The highest BCUT2D eigenvalue weighted by atomic mass is 31.2. The molecule has 0 fully saturated rings. The van der Waals surface area contributed by atoms with E-state index in [1.165, 1.54) is 0 Å². The van der Waals surface area contributed by atoms with Crippen LogP contribution in [-0.4, -0.2) is 9.97 Å². The maximum Gasteiger partial charge on any atom is 0.188 e. The molecule has 0 saturated carbocycles. The SMILES string of the molecule is O=P(c1ccccc1)(c1ccccc1)c1cccc(-c2cccc(P(=O)(c3ccccc3)c3ccccc3)n2)n1. The zero-order chi connectivity index (χ0) is 27.4. The van der Waals surface area contributed by atoms with E-state index in [1.807, 2.05) is 158 Å². The van der Waals surface area contributed by atoms with Gasteiger partial charge in [0.15, 0.2) is 14.3 Å². The van der Waals surface area contributed by atoms with Gasteiger partial charge in [-0.05, 0) is 24.3 Å². The van der Waals surface area contributed by atoms with Crippen LogP contribution in [0.5, 0.6) is 0 Å². The lowest BCUT2D eigenvalue weighted by molar-refractivity contribution is 0.591. The molecular weight excluding hydrogens is 530 g/mol. The molecule has 0 radical (unpaired) electrons. The summed E-state index contributed by atoms with van der Waals surface area (Å²) in [6.07, 6.45) is 0. The molecule has 0 N–H and O–H groups in total. The summed E-state index contributed by atoms with van der Waals surface area (Å²) >= 11 is 0. The van der Waals surface area contributed by atoms with E-state index in [-0.39, 0.29) is 0 Å². The lowest BCUT2D eigenvalue weighted by Gasteiger charge is -2.20. The first-order valence-corrected chi connectivity index (χ1v) is 16.4. The molecule has 0 spiro atoms. The van der Waals surface area contributed by atoms with Gasteiger partial charge in [0.1, 0.15) is 10.9 Å². The second kappa shape index (κ2) is 11.0. The van der Waals surface area contributed by atoms with E-state index in [0.717, 1.165) is 0 Å². The van der Waals surface area contributed by atoms with Crippen LogP contribution in [0, 0.1) is 0 Å². The number of pyridine rings is 2. The molecule has 4 nitrogen and oxygen atoms in total. The predicted octanol–water partition coefficient (Wildman–Crippen LogP) is 5.42. The van der Waals surface area contributed by atoms with Gasteiger partial charge in [0.05, 0.1) is 11.4 Å². The standard InChI is InChI=1S/C34H26N2O2P2/c37-39(27-15-5-1-6-16-27,28-17-7-2-8-18-28)33-25-13-23-31(35-33)32-24-14-26-34(36-32)40(38,29-19-9-3-10-20-29)30-21-11-4-12-22-30/h1-26H. The minimum Gasteiger partial charge on any atom is -0.307 e. The van der Waals surface area contributed by atoms with Gasteiger partial charge in [0.25, 0.3) is 0 Å². The Balaban J connectivity index is 1.50. The number of nitrogens with zero attached hydrogens (tertiary/aromatic N) is 2. The summed E-state index contributed by atoms with van der Waals surface area (Å²) in [5.74, 6) is 0. The van der Waals surface area contributed by atoms with Gasteiger partial charge in [-0.3, -0.25) is 0 Å². The van der Waals surface area contributed by atoms with Gasteiger partial charge in [-0.25, -0.2) is 9.97 Å². The molecular formula is C34H26N2O2P2. The fraction of sp³-hybridized carbons (Fsp3) is 0. The summed E-state index contributed by atoms with van der Waals surface area (Å²) < 4.78 is 29.7. The third-order valence-electron chi connectivity index (χ3n) is 6.86. The fourth-order valence-electron chi connectivity index (χ4n) is 4.86. The van der Waals surface area contributed by atoms with Gasteiger partial charge in [-0.1, -0.05) is 133 Å². The van der Waals surface area contributed by atoms with Crippen molar-refractivity contribution in [3.05, 3.63) is 158 Å². The molecule has 4 aromatic carbocycles. The van der Waals surface area contributed by atoms with E-state index >= 15 is 0 Å². The first kappa shape index (κ1) is 25.9. The van der Waals surface area contributed by atoms with E-state index in [4.69, 9.17) is 9.97 Å². The van der Waals surface area contributed by atoms with Crippen LogP contribution in [0.4, 0.5) is 0 Å². The Hall–Kier alpha value is -4.36. The van der Waals surface area contributed by atoms with Crippen LogP contribution in [0.25, 0.3) is 11.4 Å². The Bertz CT molecular complexity index is 1620. The van der Waals surface area contributed by atoms with Crippen molar-refractivity contribution in [1.82, 2.24) is 9.97 Å². The maximum atomic E-state index is 14.9.